The van der Waals surface area contributed by atoms with Crippen molar-refractivity contribution >= 4 is 50.4 Å². The fraction of sp³-hybridized carbons (Fsp3) is 0.115. The zero-order valence-corrected chi connectivity index (χ0v) is 21.7. The van der Waals surface area contributed by atoms with Crippen LogP contribution in [0.25, 0.3) is 0 Å². The number of benzene rings is 3. The van der Waals surface area contributed by atoms with E-state index in [1.807, 2.05) is 67.6 Å². The number of hydrogen-bond donors (Lipinski definition) is 2. The van der Waals surface area contributed by atoms with Crippen molar-refractivity contribution in [2.24, 2.45) is 5.10 Å². The number of hydrogen-bond acceptors (Lipinski definition) is 7. The van der Waals surface area contributed by atoms with Gasteiger partial charge >= 0.3 is 0 Å². The number of amides is 2. The predicted molar refractivity (Wildman–Crippen MR) is 143 cm³/mol. The molecule has 4 rings (SSSR count). The highest BCUT2D eigenvalue weighted by Crippen LogP contribution is 2.23. The van der Waals surface area contributed by atoms with E-state index >= 15 is 0 Å². The van der Waals surface area contributed by atoms with Gasteiger partial charge in [0, 0.05) is 15.6 Å². The molecule has 2 amide bonds. The van der Waals surface area contributed by atoms with Gasteiger partial charge in [0.15, 0.2) is 0 Å². The van der Waals surface area contributed by atoms with Crippen molar-refractivity contribution in [1.82, 2.24) is 15.6 Å². The summed E-state index contributed by atoms with van der Waals surface area (Å²) in [7, 11) is 0. The van der Waals surface area contributed by atoms with Gasteiger partial charge in [0.05, 0.1) is 12.6 Å². The molecular weight excluding hydrogens is 542 g/mol. The summed E-state index contributed by atoms with van der Waals surface area (Å²) in [4.78, 5) is 24.8. The molecule has 10 heteroatoms. The molecule has 0 radical (unpaired) electrons. The van der Waals surface area contributed by atoms with E-state index in [4.69, 9.17) is 4.74 Å². The van der Waals surface area contributed by atoms with E-state index in [0.717, 1.165) is 26.9 Å². The minimum absolute atomic E-state index is 0.0227. The Labute approximate surface area is 220 Å². The van der Waals surface area contributed by atoms with E-state index < -0.39 is 0 Å². The molecule has 2 N–H and O–H groups in total. The number of aryl methyl sites for hydroxylation is 1. The van der Waals surface area contributed by atoms with Gasteiger partial charge in [-0.25, -0.2) is 5.43 Å². The first-order chi connectivity index (χ1) is 17.5. The average Bonchev–Trinajstić information content (AvgIpc) is 3.30. The molecule has 3 aromatic carbocycles. The number of carbonyl (C=O) groups excluding carboxylic acids is 2. The molecule has 0 atom stereocenters. The smallest absolute Gasteiger partial charge is 0.257 e. The van der Waals surface area contributed by atoms with Gasteiger partial charge in [-0.05, 0) is 42.3 Å². The Morgan fingerprint density at radius 1 is 1.06 bits per heavy atom. The maximum Gasteiger partial charge on any atom is 0.257 e. The van der Waals surface area contributed by atoms with Gasteiger partial charge in [0.2, 0.25) is 11.0 Å². The van der Waals surface area contributed by atoms with Crippen LogP contribution in [-0.4, -0.2) is 28.2 Å². The summed E-state index contributed by atoms with van der Waals surface area (Å²) in [6.07, 6.45) is 1.50. The van der Waals surface area contributed by atoms with Crippen LogP contribution in [0.2, 0.25) is 0 Å². The SMILES string of the molecule is Cc1ccccc1C(=O)Nc1nnc(CC(=O)NN=Cc2cc(Br)ccc2OCc2ccccc2)s1. The lowest BCUT2D eigenvalue weighted by Gasteiger charge is -2.09. The molecule has 1 aromatic heterocycles. The number of carbonyl (C=O) groups is 2. The summed E-state index contributed by atoms with van der Waals surface area (Å²) in [5, 5.41) is 15.5. The van der Waals surface area contributed by atoms with Crippen LogP contribution in [0, 0.1) is 6.92 Å². The Bertz CT molecular complexity index is 1390. The molecule has 4 aromatic rings. The van der Waals surface area contributed by atoms with Crippen LogP contribution >= 0.6 is 27.3 Å². The van der Waals surface area contributed by atoms with Gasteiger partial charge in [-0.3, -0.25) is 14.9 Å². The number of nitrogens with one attached hydrogen (secondary N) is 2. The molecule has 0 fully saturated rings. The molecule has 0 saturated carbocycles. The maximum absolute atomic E-state index is 12.4. The Kier molecular flexibility index (Phi) is 8.53. The van der Waals surface area contributed by atoms with Gasteiger partial charge in [0.25, 0.3) is 5.91 Å². The zero-order chi connectivity index (χ0) is 25.3. The molecule has 182 valence electrons. The lowest BCUT2D eigenvalue weighted by atomic mass is 10.1. The average molecular weight is 564 g/mol. The molecule has 8 nitrogen and oxygen atoms in total. The van der Waals surface area contributed by atoms with Crippen LogP contribution in [0.1, 0.15) is 32.1 Å². The lowest BCUT2D eigenvalue weighted by Crippen LogP contribution is -2.19. The topological polar surface area (TPSA) is 106 Å². The second kappa shape index (κ2) is 12.2. The fourth-order valence-corrected chi connectivity index (χ4v) is 4.32. The second-order valence-corrected chi connectivity index (χ2v) is 9.67. The zero-order valence-electron chi connectivity index (χ0n) is 19.3. The number of anilines is 1. The summed E-state index contributed by atoms with van der Waals surface area (Å²) in [6, 6.07) is 22.7. The quantitative estimate of drug-likeness (QED) is 0.217. The third-order valence-corrected chi connectivity index (χ3v) is 6.32. The van der Waals surface area contributed by atoms with Crippen LogP contribution < -0.4 is 15.5 Å². The van der Waals surface area contributed by atoms with Crippen LogP contribution in [0.3, 0.4) is 0 Å². The third kappa shape index (κ3) is 7.06. The number of ether oxygens (including phenoxy) is 1. The van der Waals surface area contributed by atoms with Crippen molar-refractivity contribution in [3.8, 4) is 5.75 Å². The van der Waals surface area contributed by atoms with Crippen molar-refractivity contribution in [2.75, 3.05) is 5.32 Å². The highest BCUT2D eigenvalue weighted by molar-refractivity contribution is 9.10. The van der Waals surface area contributed by atoms with E-state index in [0.29, 0.717) is 33.6 Å². The molecular formula is C26H22BrN5O3S. The van der Waals surface area contributed by atoms with E-state index in [2.05, 4.69) is 42.0 Å². The van der Waals surface area contributed by atoms with Gasteiger partial charge in [-0.1, -0.05) is 75.8 Å². The minimum Gasteiger partial charge on any atom is -0.488 e. The highest BCUT2D eigenvalue weighted by atomic mass is 79.9. The van der Waals surface area contributed by atoms with Gasteiger partial charge in [-0.15, -0.1) is 10.2 Å². The Morgan fingerprint density at radius 3 is 2.64 bits per heavy atom. The number of rotatable bonds is 9. The van der Waals surface area contributed by atoms with Crippen molar-refractivity contribution in [1.29, 1.82) is 0 Å². The largest absolute Gasteiger partial charge is 0.488 e. The van der Waals surface area contributed by atoms with Crippen molar-refractivity contribution in [2.45, 2.75) is 20.0 Å². The van der Waals surface area contributed by atoms with Gasteiger partial charge < -0.3 is 4.74 Å². The third-order valence-electron chi connectivity index (χ3n) is 4.99. The van der Waals surface area contributed by atoms with Crippen LogP contribution in [0.15, 0.2) is 82.4 Å². The van der Waals surface area contributed by atoms with Crippen molar-refractivity contribution < 1.29 is 14.3 Å². The normalized spacial score (nSPS) is 10.8. The lowest BCUT2D eigenvalue weighted by molar-refractivity contribution is -0.120. The predicted octanol–water partition coefficient (Wildman–Crippen LogP) is 5.13. The van der Waals surface area contributed by atoms with Gasteiger partial charge in [0.1, 0.15) is 17.4 Å². The number of aromatic nitrogens is 2. The van der Waals surface area contributed by atoms with E-state index in [9.17, 15) is 9.59 Å². The first-order valence-corrected chi connectivity index (χ1v) is 12.6. The summed E-state index contributed by atoms with van der Waals surface area (Å²) < 4.78 is 6.79. The fourth-order valence-electron chi connectivity index (χ4n) is 3.21. The molecule has 0 saturated heterocycles. The Hall–Kier alpha value is -3.89. The molecule has 0 aliphatic carbocycles. The Balaban J connectivity index is 1.32. The second-order valence-electron chi connectivity index (χ2n) is 7.70. The number of halogens is 1. The standard InChI is InChI=1S/C26H22BrN5O3S/c1-17-7-5-6-10-21(17)25(34)29-26-32-31-24(36-26)14-23(33)30-28-15-19-13-20(27)11-12-22(19)35-16-18-8-3-2-4-9-18/h2-13,15H,14,16H2,1H3,(H,30,33)(H,29,32,34). The van der Waals surface area contributed by atoms with Crippen LogP contribution in [-0.2, 0) is 17.8 Å². The Morgan fingerprint density at radius 2 is 1.83 bits per heavy atom. The monoisotopic (exact) mass is 563 g/mol. The van der Waals surface area contributed by atoms with Crippen molar-refractivity contribution in [3.05, 3.63) is 105 Å². The molecule has 0 spiro atoms. The maximum atomic E-state index is 12.4. The van der Waals surface area contributed by atoms with E-state index in [1.54, 1.807) is 12.1 Å². The number of hydrazone groups is 1. The molecule has 36 heavy (non-hydrogen) atoms. The first kappa shape index (κ1) is 25.2. The van der Waals surface area contributed by atoms with Crippen molar-refractivity contribution in [3.63, 3.8) is 0 Å². The summed E-state index contributed by atoms with van der Waals surface area (Å²) in [5.74, 6) is 0.00306. The summed E-state index contributed by atoms with van der Waals surface area (Å²) in [5.41, 5.74) is 5.66. The van der Waals surface area contributed by atoms with Crippen LogP contribution in [0.5, 0.6) is 5.75 Å². The molecule has 0 unspecified atom stereocenters. The van der Waals surface area contributed by atoms with E-state index in [-0.39, 0.29) is 18.2 Å². The molecule has 1 heterocycles. The minimum atomic E-state index is -0.360. The van der Waals surface area contributed by atoms with Gasteiger partial charge in [-0.2, -0.15) is 5.10 Å². The molecule has 0 aliphatic rings. The first-order valence-electron chi connectivity index (χ1n) is 11.0. The highest BCUT2D eigenvalue weighted by Gasteiger charge is 2.13. The number of nitrogens with zero attached hydrogens (tertiary/aromatic N) is 3. The molecule has 0 bridgehead atoms. The van der Waals surface area contributed by atoms with E-state index in [1.165, 1.54) is 6.21 Å². The summed E-state index contributed by atoms with van der Waals surface area (Å²) in [6.45, 7) is 2.27. The van der Waals surface area contributed by atoms with Crippen LogP contribution in [0.4, 0.5) is 5.13 Å². The molecule has 0 aliphatic heterocycles. The summed E-state index contributed by atoms with van der Waals surface area (Å²) >= 11 is 4.58.